The summed E-state index contributed by atoms with van der Waals surface area (Å²) in [7, 11) is 1.37. The Hall–Kier alpha value is -3.36. The summed E-state index contributed by atoms with van der Waals surface area (Å²) < 4.78 is 16.5. The molecule has 0 fully saturated rings. The van der Waals surface area contributed by atoms with Crippen LogP contribution in [0.5, 0.6) is 5.75 Å². The zero-order chi connectivity index (χ0) is 21.1. The van der Waals surface area contributed by atoms with E-state index in [4.69, 9.17) is 24.4 Å². The fraction of sp³-hybridized carbons (Fsp3) is 0.238. The summed E-state index contributed by atoms with van der Waals surface area (Å²) in [4.78, 5) is 23.4. The maximum atomic E-state index is 12.5. The molecule has 0 heterocycles. The van der Waals surface area contributed by atoms with Gasteiger partial charge in [-0.15, -0.1) is 0 Å². The minimum absolute atomic E-state index is 0.0442. The number of aliphatic hydroxyl groups is 1. The standard InChI is InChI=1S/C21H23NO7/c1-27-18(11-12-19(24)25)20(16-9-5-6-10-17(16)28-14-13-23)29-21(26)22-15-7-3-2-4-8-15/h2-12,18,20,23H,13-14H2,1H3,(H,22,26)(H,24,25)/b12-11+/t18-,20-/m0/s1. The van der Waals surface area contributed by atoms with Gasteiger partial charge in [0.25, 0.3) is 0 Å². The first kappa shape index (κ1) is 21.9. The average molecular weight is 401 g/mol. The van der Waals surface area contributed by atoms with Gasteiger partial charge < -0.3 is 24.4 Å². The van der Waals surface area contributed by atoms with Crippen LogP contribution >= 0.6 is 0 Å². The molecule has 8 nitrogen and oxygen atoms in total. The first-order valence-electron chi connectivity index (χ1n) is 8.84. The third-order valence-electron chi connectivity index (χ3n) is 3.83. The predicted octanol–water partition coefficient (Wildman–Crippen LogP) is 3.00. The molecule has 2 rings (SSSR count). The molecule has 2 aromatic rings. The van der Waals surface area contributed by atoms with Gasteiger partial charge in [-0.05, 0) is 24.3 Å². The van der Waals surface area contributed by atoms with Crippen molar-refractivity contribution in [3.8, 4) is 5.75 Å². The Balaban J connectivity index is 2.32. The Morgan fingerprint density at radius 1 is 1.10 bits per heavy atom. The molecule has 8 heteroatoms. The molecule has 29 heavy (non-hydrogen) atoms. The van der Waals surface area contributed by atoms with E-state index in [1.807, 2.05) is 6.07 Å². The van der Waals surface area contributed by atoms with Gasteiger partial charge in [0.15, 0.2) is 6.10 Å². The van der Waals surface area contributed by atoms with Crippen LogP contribution in [0, 0.1) is 0 Å². The number of aliphatic hydroxyl groups excluding tert-OH is 1. The minimum atomic E-state index is -1.16. The summed E-state index contributed by atoms with van der Waals surface area (Å²) in [5.41, 5.74) is 1.00. The number of hydrogen-bond donors (Lipinski definition) is 3. The number of nitrogens with one attached hydrogen (secondary N) is 1. The lowest BCUT2D eigenvalue weighted by Crippen LogP contribution is -2.27. The van der Waals surface area contributed by atoms with Gasteiger partial charge in [0.2, 0.25) is 0 Å². The lowest BCUT2D eigenvalue weighted by atomic mass is 10.0. The topological polar surface area (TPSA) is 114 Å². The number of anilines is 1. The Morgan fingerprint density at radius 2 is 1.79 bits per heavy atom. The number of carboxylic acids is 1. The van der Waals surface area contributed by atoms with E-state index in [1.165, 1.54) is 13.2 Å². The van der Waals surface area contributed by atoms with E-state index in [9.17, 15) is 9.59 Å². The summed E-state index contributed by atoms with van der Waals surface area (Å²) in [5.74, 6) is -0.783. The van der Waals surface area contributed by atoms with Gasteiger partial charge in [-0.2, -0.15) is 0 Å². The highest BCUT2D eigenvalue weighted by Crippen LogP contribution is 2.32. The van der Waals surface area contributed by atoms with E-state index in [0.717, 1.165) is 6.08 Å². The summed E-state index contributed by atoms with van der Waals surface area (Å²) in [6.45, 7) is -0.149. The third-order valence-corrected chi connectivity index (χ3v) is 3.83. The first-order valence-corrected chi connectivity index (χ1v) is 8.84. The molecule has 0 unspecified atom stereocenters. The maximum Gasteiger partial charge on any atom is 0.412 e. The molecule has 154 valence electrons. The summed E-state index contributed by atoms with van der Waals surface area (Å²) in [6.07, 6.45) is -0.452. The van der Waals surface area contributed by atoms with Gasteiger partial charge in [0.05, 0.1) is 6.61 Å². The quantitative estimate of drug-likeness (QED) is 0.524. The monoisotopic (exact) mass is 401 g/mol. The lowest BCUT2D eigenvalue weighted by molar-refractivity contribution is -0.131. The second-order valence-electron chi connectivity index (χ2n) is 5.82. The van der Waals surface area contributed by atoms with Crippen LogP contribution in [0.4, 0.5) is 10.5 Å². The van der Waals surface area contributed by atoms with Crippen LogP contribution in [0.1, 0.15) is 11.7 Å². The van der Waals surface area contributed by atoms with Crippen LogP contribution in [0.3, 0.4) is 0 Å². The number of amides is 1. The molecule has 0 radical (unpaired) electrons. The maximum absolute atomic E-state index is 12.5. The van der Waals surface area contributed by atoms with Crippen LogP contribution in [0.25, 0.3) is 0 Å². The van der Waals surface area contributed by atoms with Crippen molar-refractivity contribution in [1.82, 2.24) is 0 Å². The summed E-state index contributed by atoms with van der Waals surface area (Å²) in [5, 5.41) is 20.6. The van der Waals surface area contributed by atoms with E-state index in [2.05, 4.69) is 5.32 Å². The van der Waals surface area contributed by atoms with Crippen LogP contribution in [0.15, 0.2) is 66.7 Å². The van der Waals surface area contributed by atoms with Crippen LogP contribution in [-0.2, 0) is 14.3 Å². The fourth-order valence-electron chi connectivity index (χ4n) is 2.57. The average Bonchev–Trinajstić information content (AvgIpc) is 2.72. The Kier molecular flexibility index (Phi) is 8.68. The van der Waals surface area contributed by atoms with Crippen LogP contribution in [0.2, 0.25) is 0 Å². The molecule has 0 aromatic heterocycles. The fourth-order valence-corrected chi connectivity index (χ4v) is 2.57. The van der Waals surface area contributed by atoms with Gasteiger partial charge >= 0.3 is 12.1 Å². The number of carboxylic acid groups (broad SMARTS) is 1. The highest BCUT2D eigenvalue weighted by molar-refractivity contribution is 5.84. The number of benzene rings is 2. The normalized spacial score (nSPS) is 12.9. The number of carbonyl (C=O) groups is 2. The Morgan fingerprint density at radius 3 is 2.45 bits per heavy atom. The van der Waals surface area contributed by atoms with E-state index in [-0.39, 0.29) is 13.2 Å². The van der Waals surface area contributed by atoms with Crippen LogP contribution in [-0.4, -0.2) is 48.7 Å². The molecule has 1 amide bonds. The zero-order valence-corrected chi connectivity index (χ0v) is 15.9. The molecule has 0 bridgehead atoms. The van der Waals surface area contributed by atoms with Crippen molar-refractivity contribution < 1.29 is 34.0 Å². The largest absolute Gasteiger partial charge is 0.491 e. The number of rotatable bonds is 10. The second kappa shape index (κ2) is 11.5. The number of carbonyl (C=O) groups excluding carboxylic acids is 1. The Labute approximate surface area is 168 Å². The molecular weight excluding hydrogens is 378 g/mol. The molecule has 0 aliphatic carbocycles. The van der Waals surface area contributed by atoms with Gasteiger partial charge in [0, 0.05) is 24.4 Å². The van der Waals surface area contributed by atoms with Gasteiger partial charge in [-0.1, -0.05) is 36.4 Å². The highest BCUT2D eigenvalue weighted by atomic mass is 16.6. The van der Waals surface area contributed by atoms with Gasteiger partial charge in [0.1, 0.15) is 18.5 Å². The van der Waals surface area contributed by atoms with Crippen molar-refractivity contribution in [1.29, 1.82) is 0 Å². The van der Waals surface area contributed by atoms with Crippen molar-refractivity contribution >= 4 is 17.7 Å². The number of aliphatic carboxylic acids is 1. The highest BCUT2D eigenvalue weighted by Gasteiger charge is 2.28. The van der Waals surface area contributed by atoms with Gasteiger partial charge in [-0.3, -0.25) is 5.32 Å². The third kappa shape index (κ3) is 6.95. The van der Waals surface area contributed by atoms with Crippen molar-refractivity contribution in [2.75, 3.05) is 25.6 Å². The molecule has 0 saturated heterocycles. The molecule has 3 N–H and O–H groups in total. The first-order chi connectivity index (χ1) is 14.0. The van der Waals surface area contributed by atoms with E-state index in [1.54, 1.807) is 48.5 Å². The summed E-state index contributed by atoms with van der Waals surface area (Å²) >= 11 is 0. The zero-order valence-electron chi connectivity index (χ0n) is 15.9. The number of hydrogen-bond acceptors (Lipinski definition) is 6. The second-order valence-corrected chi connectivity index (χ2v) is 5.82. The molecule has 0 spiro atoms. The van der Waals surface area contributed by atoms with Crippen molar-refractivity contribution in [2.24, 2.45) is 0 Å². The number of para-hydroxylation sites is 2. The smallest absolute Gasteiger partial charge is 0.412 e. The molecular formula is C21H23NO7. The molecule has 0 aliphatic heterocycles. The van der Waals surface area contributed by atoms with Crippen molar-refractivity contribution in [3.05, 3.63) is 72.3 Å². The summed E-state index contributed by atoms with van der Waals surface area (Å²) in [6, 6.07) is 15.5. The van der Waals surface area contributed by atoms with Crippen LogP contribution < -0.4 is 10.1 Å². The van der Waals surface area contributed by atoms with Crippen molar-refractivity contribution in [3.63, 3.8) is 0 Å². The molecule has 2 atom stereocenters. The van der Waals surface area contributed by atoms with Crippen molar-refractivity contribution in [2.45, 2.75) is 12.2 Å². The predicted molar refractivity (Wildman–Crippen MR) is 106 cm³/mol. The number of methoxy groups -OCH3 is 1. The molecule has 0 saturated carbocycles. The van der Waals surface area contributed by atoms with Gasteiger partial charge in [-0.25, -0.2) is 9.59 Å². The minimum Gasteiger partial charge on any atom is -0.491 e. The van der Waals surface area contributed by atoms with E-state index < -0.39 is 24.3 Å². The number of ether oxygens (including phenoxy) is 3. The Bertz CT molecular complexity index is 823. The molecule has 0 aliphatic rings. The van der Waals surface area contributed by atoms with E-state index >= 15 is 0 Å². The lowest BCUT2D eigenvalue weighted by Gasteiger charge is -2.26. The molecule has 2 aromatic carbocycles. The SMILES string of the molecule is CO[C@@H](/C=C/C(=O)O)[C@@H](OC(=O)Nc1ccccc1)c1ccccc1OCCO. The van der Waals surface area contributed by atoms with E-state index in [0.29, 0.717) is 17.0 Å².